The normalized spacial score (nSPS) is 16.2. The van der Waals surface area contributed by atoms with Gasteiger partial charge in [0.2, 0.25) is 5.91 Å². The van der Waals surface area contributed by atoms with Gasteiger partial charge in [0.1, 0.15) is 0 Å². The summed E-state index contributed by atoms with van der Waals surface area (Å²) in [6, 6.07) is 25.0. The number of fused-ring (bicyclic) bond motifs is 4. The molecule has 0 bridgehead atoms. The molecule has 0 spiro atoms. The van der Waals surface area contributed by atoms with Crippen molar-refractivity contribution in [2.24, 2.45) is 5.92 Å². The molecule has 1 aliphatic heterocycles. The molecule has 30 heavy (non-hydrogen) atoms. The molecule has 0 radical (unpaired) electrons. The second-order valence-corrected chi connectivity index (χ2v) is 8.19. The Labute approximate surface area is 177 Å². The number of rotatable bonds is 4. The van der Waals surface area contributed by atoms with Crippen LogP contribution in [0.2, 0.25) is 0 Å². The molecule has 3 nitrogen and oxygen atoms in total. The fraction of sp³-hybridized carbons (Fsp3) is 0.222. The molecule has 3 heteroatoms. The lowest BCUT2D eigenvalue weighted by Gasteiger charge is -2.40. The van der Waals surface area contributed by atoms with Crippen molar-refractivity contribution in [3.8, 4) is 11.1 Å². The minimum absolute atomic E-state index is 0.0268. The number of H-pyrrole nitrogens is 1. The highest BCUT2D eigenvalue weighted by atomic mass is 16.2. The minimum atomic E-state index is -0.154. The van der Waals surface area contributed by atoms with Crippen LogP contribution in [0.5, 0.6) is 0 Å². The number of aromatic nitrogens is 1. The highest BCUT2D eigenvalue weighted by Gasteiger charge is 2.38. The number of benzene rings is 3. The third-order valence-corrected chi connectivity index (χ3v) is 6.26. The zero-order valence-corrected chi connectivity index (χ0v) is 17.4. The van der Waals surface area contributed by atoms with Crippen molar-refractivity contribution in [3.05, 3.63) is 90.1 Å². The lowest BCUT2D eigenvalue weighted by atomic mass is 9.84. The van der Waals surface area contributed by atoms with Crippen molar-refractivity contribution < 1.29 is 4.79 Å². The third kappa shape index (κ3) is 2.85. The van der Waals surface area contributed by atoms with E-state index in [1.807, 2.05) is 17.0 Å². The molecule has 150 valence electrons. The van der Waals surface area contributed by atoms with Crippen LogP contribution in [-0.4, -0.2) is 10.9 Å². The lowest BCUT2D eigenvalue weighted by molar-refractivity contribution is -0.122. The molecule has 5 rings (SSSR count). The van der Waals surface area contributed by atoms with Crippen molar-refractivity contribution in [1.82, 2.24) is 4.98 Å². The van der Waals surface area contributed by atoms with Gasteiger partial charge in [0.05, 0.1) is 11.7 Å². The van der Waals surface area contributed by atoms with Gasteiger partial charge in [0.15, 0.2) is 0 Å². The van der Waals surface area contributed by atoms with Crippen LogP contribution in [0, 0.1) is 5.92 Å². The average Bonchev–Trinajstić information content (AvgIpc) is 3.21. The number of aromatic amines is 1. The Morgan fingerprint density at radius 1 is 0.933 bits per heavy atom. The first-order chi connectivity index (χ1) is 14.7. The van der Waals surface area contributed by atoms with E-state index < -0.39 is 0 Å². The molecule has 1 N–H and O–H groups in total. The van der Waals surface area contributed by atoms with Gasteiger partial charge in [-0.25, -0.2) is 0 Å². The van der Waals surface area contributed by atoms with Crippen LogP contribution >= 0.6 is 0 Å². The van der Waals surface area contributed by atoms with Gasteiger partial charge in [0.25, 0.3) is 0 Å². The maximum Gasteiger partial charge on any atom is 0.230 e. The summed E-state index contributed by atoms with van der Waals surface area (Å²) in [6.45, 7) is 4.20. The number of hydrogen-bond donors (Lipinski definition) is 1. The second kappa shape index (κ2) is 7.49. The lowest BCUT2D eigenvalue weighted by Crippen LogP contribution is -2.41. The third-order valence-electron chi connectivity index (χ3n) is 6.26. The summed E-state index contributed by atoms with van der Waals surface area (Å²) in [6.07, 6.45) is 3.96. The van der Waals surface area contributed by atoms with Crippen LogP contribution in [0.4, 0.5) is 5.69 Å². The summed E-state index contributed by atoms with van der Waals surface area (Å²) in [5.74, 6) is 0.162. The minimum Gasteiger partial charge on any atom is -0.361 e. The summed E-state index contributed by atoms with van der Waals surface area (Å²) >= 11 is 0. The molecular weight excluding hydrogens is 368 g/mol. The van der Waals surface area contributed by atoms with E-state index in [2.05, 4.69) is 85.7 Å². The van der Waals surface area contributed by atoms with Crippen LogP contribution in [0.25, 0.3) is 22.0 Å². The summed E-state index contributed by atoms with van der Waals surface area (Å²) in [4.78, 5) is 19.3. The van der Waals surface area contributed by atoms with E-state index in [-0.39, 0.29) is 17.9 Å². The van der Waals surface area contributed by atoms with E-state index in [0.29, 0.717) is 0 Å². The van der Waals surface area contributed by atoms with Crippen LogP contribution in [0.15, 0.2) is 79.0 Å². The number of carbonyl (C=O) groups is 1. The smallest absolute Gasteiger partial charge is 0.230 e. The molecule has 0 fully saturated rings. The molecule has 0 saturated heterocycles. The van der Waals surface area contributed by atoms with Crippen LogP contribution in [-0.2, 0) is 4.79 Å². The van der Waals surface area contributed by atoms with Crippen molar-refractivity contribution in [2.45, 2.75) is 32.7 Å². The van der Waals surface area contributed by atoms with Gasteiger partial charge >= 0.3 is 0 Å². The van der Waals surface area contributed by atoms with Gasteiger partial charge in [0, 0.05) is 34.1 Å². The van der Waals surface area contributed by atoms with E-state index >= 15 is 0 Å². The monoisotopic (exact) mass is 394 g/mol. The zero-order chi connectivity index (χ0) is 20.7. The van der Waals surface area contributed by atoms with Gasteiger partial charge < -0.3 is 4.98 Å². The number of nitrogens with zero attached hydrogens (tertiary/aromatic N) is 1. The molecule has 0 aliphatic carbocycles. The SMILES string of the molecule is CCCC(C)C(=O)N1c2ccccc2-c2ccccc2C1c1c[nH]c2ccccc12. The number of carbonyl (C=O) groups excluding carboxylic acids is 1. The number of nitrogens with one attached hydrogen (secondary N) is 1. The average molecular weight is 395 g/mol. The number of anilines is 1. The molecule has 2 atom stereocenters. The Kier molecular flexibility index (Phi) is 4.66. The van der Waals surface area contributed by atoms with E-state index in [1.54, 1.807) is 0 Å². The molecular formula is C27H26N2O. The van der Waals surface area contributed by atoms with Crippen molar-refractivity contribution in [3.63, 3.8) is 0 Å². The van der Waals surface area contributed by atoms with Gasteiger partial charge in [-0.1, -0.05) is 80.9 Å². The molecule has 1 aromatic heterocycles. The predicted molar refractivity (Wildman–Crippen MR) is 124 cm³/mol. The summed E-state index contributed by atoms with van der Waals surface area (Å²) in [7, 11) is 0. The van der Waals surface area contributed by atoms with E-state index in [9.17, 15) is 4.79 Å². The molecule has 1 amide bonds. The fourth-order valence-corrected chi connectivity index (χ4v) is 4.84. The molecule has 2 heterocycles. The van der Waals surface area contributed by atoms with Crippen LogP contribution < -0.4 is 4.90 Å². The van der Waals surface area contributed by atoms with Gasteiger partial charge in [-0.2, -0.15) is 0 Å². The van der Waals surface area contributed by atoms with Crippen molar-refractivity contribution >= 4 is 22.5 Å². The topological polar surface area (TPSA) is 36.1 Å². The second-order valence-electron chi connectivity index (χ2n) is 8.19. The van der Waals surface area contributed by atoms with E-state index in [1.165, 1.54) is 11.1 Å². The summed E-state index contributed by atoms with van der Waals surface area (Å²) in [5, 5.41) is 1.16. The number of para-hydroxylation sites is 2. The first-order valence-corrected chi connectivity index (χ1v) is 10.8. The van der Waals surface area contributed by atoms with E-state index in [0.717, 1.165) is 40.6 Å². The summed E-state index contributed by atoms with van der Waals surface area (Å²) in [5.41, 5.74) is 6.75. The van der Waals surface area contributed by atoms with Crippen molar-refractivity contribution in [2.75, 3.05) is 4.90 Å². The zero-order valence-electron chi connectivity index (χ0n) is 17.4. The predicted octanol–water partition coefficient (Wildman–Crippen LogP) is 6.71. The highest BCUT2D eigenvalue weighted by Crippen LogP contribution is 2.48. The Bertz CT molecular complexity index is 1220. The largest absolute Gasteiger partial charge is 0.361 e. The molecule has 3 aromatic carbocycles. The van der Waals surface area contributed by atoms with E-state index in [4.69, 9.17) is 0 Å². The molecule has 0 saturated carbocycles. The Morgan fingerprint density at radius 3 is 2.47 bits per heavy atom. The Hall–Kier alpha value is -3.33. The standard InChI is InChI=1S/C27H26N2O/c1-3-10-18(2)27(30)29-25-16-9-7-13-21(25)19-11-4-5-14-22(19)26(29)23-17-28-24-15-8-6-12-20(23)24/h4-9,11-18,26,28H,3,10H2,1-2H3. The maximum atomic E-state index is 13.8. The maximum absolute atomic E-state index is 13.8. The highest BCUT2D eigenvalue weighted by molar-refractivity contribution is 6.04. The quantitative estimate of drug-likeness (QED) is 0.410. The summed E-state index contributed by atoms with van der Waals surface area (Å²) < 4.78 is 0. The molecule has 1 aliphatic rings. The van der Waals surface area contributed by atoms with Gasteiger partial charge in [-0.3, -0.25) is 9.69 Å². The first-order valence-electron chi connectivity index (χ1n) is 10.8. The van der Waals surface area contributed by atoms with Gasteiger partial charge in [-0.15, -0.1) is 0 Å². The fourth-order valence-electron chi connectivity index (χ4n) is 4.84. The van der Waals surface area contributed by atoms with Gasteiger partial charge in [-0.05, 0) is 29.7 Å². The molecule has 2 unspecified atom stereocenters. The van der Waals surface area contributed by atoms with Crippen LogP contribution in [0.1, 0.15) is 43.9 Å². The number of amides is 1. The number of hydrogen-bond acceptors (Lipinski definition) is 1. The molecule has 4 aromatic rings. The Balaban J connectivity index is 1.78. The Morgan fingerprint density at radius 2 is 1.63 bits per heavy atom. The van der Waals surface area contributed by atoms with Crippen molar-refractivity contribution in [1.29, 1.82) is 0 Å². The van der Waals surface area contributed by atoms with Crippen LogP contribution in [0.3, 0.4) is 0 Å². The first kappa shape index (κ1) is 18.7.